The van der Waals surface area contributed by atoms with Crippen molar-refractivity contribution in [3.8, 4) is 22.8 Å². The van der Waals surface area contributed by atoms with Crippen molar-refractivity contribution in [1.29, 1.82) is 0 Å². The largest absolute Gasteiger partial charge is 1.00 e. The van der Waals surface area contributed by atoms with Gasteiger partial charge in [-0.05, 0) is 58.8 Å². The lowest BCUT2D eigenvalue weighted by molar-refractivity contribution is -0.734. The third-order valence-corrected chi connectivity index (χ3v) is 3.81. The average molecular weight is 349 g/mol. The maximum Gasteiger partial charge on any atom is 0.340 e. The predicted octanol–water partition coefficient (Wildman–Crippen LogP) is 0.523. The van der Waals surface area contributed by atoms with Gasteiger partial charge in [-0.1, -0.05) is 48.5 Å². The normalized spacial score (nSPS) is 10.3. The fourth-order valence-corrected chi connectivity index (χ4v) is 2.63. The number of aromatic nitrogens is 4. The maximum atomic E-state index is 4.74. The van der Waals surface area contributed by atoms with Crippen LogP contribution in [0.2, 0.25) is 0 Å². The Morgan fingerprint density at radius 2 is 1.48 bits per heavy atom. The Morgan fingerprint density at radius 3 is 2.16 bits per heavy atom. The number of benzene rings is 3. The first kappa shape index (κ1) is 16.9. The molecule has 0 spiro atoms. The van der Waals surface area contributed by atoms with Gasteiger partial charge in [0, 0.05) is 4.80 Å². The van der Waals surface area contributed by atoms with Crippen LogP contribution in [0.25, 0.3) is 22.8 Å². The van der Waals surface area contributed by atoms with Gasteiger partial charge in [0.15, 0.2) is 5.69 Å². The first-order chi connectivity index (χ1) is 11.8. The quantitative estimate of drug-likeness (QED) is 0.506. The van der Waals surface area contributed by atoms with Crippen molar-refractivity contribution in [3.05, 3.63) is 90.5 Å². The molecule has 124 valence electrons. The van der Waals surface area contributed by atoms with Gasteiger partial charge in [0.1, 0.15) is 5.69 Å². The molecule has 4 rings (SSSR count). The number of nitrogens with zero attached hydrogens (tertiary/aromatic N) is 4. The van der Waals surface area contributed by atoms with Crippen LogP contribution in [0.3, 0.4) is 0 Å². The molecule has 0 aliphatic carbocycles. The second-order valence-corrected chi connectivity index (χ2v) is 5.64. The molecule has 3 aromatic carbocycles. The van der Waals surface area contributed by atoms with E-state index in [0.717, 1.165) is 16.9 Å². The van der Waals surface area contributed by atoms with E-state index in [1.54, 1.807) is 0 Å². The summed E-state index contributed by atoms with van der Waals surface area (Å²) in [4.78, 5) is 3.67. The molecule has 1 aromatic heterocycles. The zero-order valence-electron chi connectivity index (χ0n) is 13.7. The monoisotopic (exact) mass is 348 g/mol. The Balaban J connectivity index is 0.00000182. The highest BCUT2D eigenvalue weighted by molar-refractivity contribution is 5.53. The van der Waals surface area contributed by atoms with Crippen LogP contribution >= 0.6 is 0 Å². The Kier molecular flexibility index (Phi) is 4.91. The molecule has 25 heavy (non-hydrogen) atoms. The van der Waals surface area contributed by atoms with E-state index in [9.17, 15) is 0 Å². The van der Waals surface area contributed by atoms with E-state index in [-0.39, 0.29) is 12.4 Å². The summed E-state index contributed by atoms with van der Waals surface area (Å²) in [7, 11) is 0. The minimum absolute atomic E-state index is 0. The summed E-state index contributed by atoms with van der Waals surface area (Å²) in [5.74, 6) is 0.695. The number of rotatable bonds is 3. The van der Waals surface area contributed by atoms with Gasteiger partial charge >= 0.3 is 5.82 Å². The van der Waals surface area contributed by atoms with Crippen LogP contribution in [0.5, 0.6) is 0 Å². The summed E-state index contributed by atoms with van der Waals surface area (Å²) in [6.45, 7) is 2.07. The third-order valence-electron chi connectivity index (χ3n) is 3.81. The summed E-state index contributed by atoms with van der Waals surface area (Å²) in [5, 5.41) is 9.46. The molecule has 0 bridgehead atoms. The second kappa shape index (κ2) is 7.28. The zero-order valence-corrected chi connectivity index (χ0v) is 14.5. The van der Waals surface area contributed by atoms with Gasteiger partial charge in [0.25, 0.3) is 0 Å². The van der Waals surface area contributed by atoms with E-state index in [1.807, 2.05) is 82.4 Å². The summed E-state index contributed by atoms with van der Waals surface area (Å²) >= 11 is 0. The van der Waals surface area contributed by atoms with Crippen molar-refractivity contribution < 1.29 is 17.2 Å². The van der Waals surface area contributed by atoms with Crippen LogP contribution in [-0.4, -0.2) is 15.0 Å². The van der Waals surface area contributed by atoms with Crippen LogP contribution < -0.4 is 17.2 Å². The van der Waals surface area contributed by atoms with E-state index in [0.29, 0.717) is 5.82 Å². The van der Waals surface area contributed by atoms with Crippen LogP contribution in [0.4, 0.5) is 0 Å². The number of aryl methyl sites for hydroxylation is 1. The highest BCUT2D eigenvalue weighted by Gasteiger charge is 2.22. The third kappa shape index (κ3) is 3.44. The Bertz CT molecular complexity index is 965. The fourth-order valence-electron chi connectivity index (χ4n) is 2.63. The van der Waals surface area contributed by atoms with Crippen molar-refractivity contribution >= 4 is 0 Å². The molecule has 0 radical (unpaired) electrons. The first-order valence-electron chi connectivity index (χ1n) is 7.89. The summed E-state index contributed by atoms with van der Waals surface area (Å²) in [6.07, 6.45) is 0. The number of hydrogen-bond donors (Lipinski definition) is 0. The van der Waals surface area contributed by atoms with Crippen LogP contribution in [-0.2, 0) is 0 Å². The minimum Gasteiger partial charge on any atom is -1.00 e. The van der Waals surface area contributed by atoms with Gasteiger partial charge in [-0.2, -0.15) is 0 Å². The molecule has 4 nitrogen and oxygen atoms in total. The van der Waals surface area contributed by atoms with Crippen LogP contribution in [0.1, 0.15) is 5.56 Å². The van der Waals surface area contributed by atoms with Gasteiger partial charge in [-0.15, -0.1) is 0 Å². The van der Waals surface area contributed by atoms with E-state index in [1.165, 1.54) is 5.56 Å². The van der Waals surface area contributed by atoms with Gasteiger partial charge in [-0.25, -0.2) is 0 Å². The molecular weight excluding hydrogens is 332 g/mol. The number of tetrazole rings is 1. The molecule has 1 heterocycles. The molecule has 0 fully saturated rings. The van der Waals surface area contributed by atoms with Crippen molar-refractivity contribution in [2.75, 3.05) is 0 Å². The molecule has 5 heteroatoms. The molecule has 0 aliphatic rings. The smallest absolute Gasteiger partial charge is 0.340 e. The lowest BCUT2D eigenvalue weighted by Gasteiger charge is -2.00. The minimum atomic E-state index is 0. The second-order valence-electron chi connectivity index (χ2n) is 5.64. The van der Waals surface area contributed by atoms with Crippen LogP contribution in [0, 0.1) is 6.92 Å². The Labute approximate surface area is 152 Å². The number of para-hydroxylation sites is 1. The lowest BCUT2D eigenvalue weighted by atomic mass is 10.2. The van der Waals surface area contributed by atoms with Gasteiger partial charge in [-0.3, -0.25) is 0 Å². The molecule has 0 amide bonds. The molecule has 0 atom stereocenters. The van der Waals surface area contributed by atoms with Gasteiger partial charge in [0.05, 0.1) is 10.7 Å². The first-order valence-corrected chi connectivity index (χ1v) is 7.89. The average Bonchev–Trinajstić information content (AvgIpc) is 3.09. The molecular formula is C20H17ClN4. The van der Waals surface area contributed by atoms with Crippen LogP contribution in [0.15, 0.2) is 84.9 Å². The summed E-state index contributed by atoms with van der Waals surface area (Å²) in [6, 6.07) is 28.3. The molecule has 0 saturated carbocycles. The lowest BCUT2D eigenvalue weighted by Crippen LogP contribution is -3.00. The topological polar surface area (TPSA) is 34.6 Å². The molecule has 0 aliphatic heterocycles. The highest BCUT2D eigenvalue weighted by atomic mass is 35.5. The summed E-state index contributed by atoms with van der Waals surface area (Å²) in [5.41, 5.74) is 4.12. The van der Waals surface area contributed by atoms with Crippen molar-refractivity contribution in [2.24, 2.45) is 0 Å². The highest BCUT2D eigenvalue weighted by Crippen LogP contribution is 2.15. The number of halogens is 1. The van der Waals surface area contributed by atoms with Crippen molar-refractivity contribution in [1.82, 2.24) is 15.0 Å². The fraction of sp³-hybridized carbons (Fsp3) is 0.0500. The molecule has 0 unspecified atom stereocenters. The van der Waals surface area contributed by atoms with E-state index < -0.39 is 0 Å². The predicted molar refractivity (Wildman–Crippen MR) is 93.1 cm³/mol. The maximum absolute atomic E-state index is 4.74. The Morgan fingerprint density at radius 1 is 0.800 bits per heavy atom. The standard InChI is InChI=1S/C20H17N4.ClH/c1-16-9-8-14-19(15-16)24-22-20(17-10-4-2-5-11-17)21-23(24)18-12-6-3-7-13-18;/h2-15H,1H3;1H/q+1;/p-1. The van der Waals surface area contributed by atoms with E-state index in [4.69, 9.17) is 10.2 Å². The number of hydrogen-bond acceptors (Lipinski definition) is 2. The Hall–Kier alpha value is -2.98. The van der Waals surface area contributed by atoms with Gasteiger partial charge < -0.3 is 12.4 Å². The summed E-state index contributed by atoms with van der Waals surface area (Å²) < 4.78 is 0. The zero-order chi connectivity index (χ0) is 16.4. The molecule has 0 N–H and O–H groups in total. The van der Waals surface area contributed by atoms with Crippen molar-refractivity contribution in [2.45, 2.75) is 6.92 Å². The molecule has 0 saturated heterocycles. The van der Waals surface area contributed by atoms with E-state index >= 15 is 0 Å². The van der Waals surface area contributed by atoms with E-state index in [2.05, 4.69) is 19.1 Å². The van der Waals surface area contributed by atoms with Gasteiger partial charge in [0.2, 0.25) is 0 Å². The SMILES string of the molecule is Cc1cccc(-n2nc(-c3ccccc3)n[n+]2-c2ccccc2)c1.[Cl-]. The van der Waals surface area contributed by atoms with Crippen molar-refractivity contribution in [3.63, 3.8) is 0 Å². The molecule has 4 aromatic rings.